The van der Waals surface area contributed by atoms with Crippen LogP contribution in [0.4, 0.5) is 10.1 Å². The minimum Gasteiger partial charge on any atom is -0.351 e. The summed E-state index contributed by atoms with van der Waals surface area (Å²) in [4.78, 5) is 28.3. The molecule has 0 fully saturated rings. The molecule has 0 spiro atoms. The van der Waals surface area contributed by atoms with E-state index in [1.54, 1.807) is 36.4 Å². The molecule has 0 bridgehead atoms. The summed E-state index contributed by atoms with van der Waals surface area (Å²) in [5, 5.41) is 3.41. The van der Waals surface area contributed by atoms with Gasteiger partial charge in [0.15, 0.2) is 5.43 Å². The first-order chi connectivity index (χ1) is 12.5. The largest absolute Gasteiger partial charge is 0.351 e. The first-order valence-electron chi connectivity index (χ1n) is 8.16. The molecule has 3 aromatic carbocycles. The lowest BCUT2D eigenvalue weighted by molar-refractivity contribution is 0.102. The van der Waals surface area contributed by atoms with Gasteiger partial charge in [-0.15, -0.1) is 0 Å². The fraction of sp³-hybridized carbons (Fsp3) is 0.0476. The summed E-state index contributed by atoms with van der Waals surface area (Å²) in [5.74, 6) is -0.902. The number of carbonyl (C=O) groups excluding carboxylic acids is 1. The fourth-order valence-electron chi connectivity index (χ4n) is 3.01. The van der Waals surface area contributed by atoms with Gasteiger partial charge in [-0.05, 0) is 43.3 Å². The maximum Gasteiger partial charge on any atom is 0.257 e. The Hall–Kier alpha value is -3.47. The number of benzene rings is 3. The van der Waals surface area contributed by atoms with Crippen LogP contribution >= 0.6 is 0 Å². The highest BCUT2D eigenvalue weighted by molar-refractivity contribution is 6.13. The molecule has 1 aromatic heterocycles. The molecule has 0 saturated heterocycles. The van der Waals surface area contributed by atoms with Crippen LogP contribution < -0.4 is 10.7 Å². The third-order valence-electron chi connectivity index (χ3n) is 4.37. The molecular weight excluding hydrogens is 331 g/mol. The molecule has 4 aromatic rings. The second kappa shape index (κ2) is 6.11. The lowest BCUT2D eigenvalue weighted by atomic mass is 10.1. The van der Waals surface area contributed by atoms with Gasteiger partial charge in [0, 0.05) is 16.5 Å². The van der Waals surface area contributed by atoms with Crippen molar-refractivity contribution in [1.29, 1.82) is 0 Å². The summed E-state index contributed by atoms with van der Waals surface area (Å²) in [7, 11) is 0. The van der Waals surface area contributed by atoms with Crippen molar-refractivity contribution >= 4 is 33.4 Å². The zero-order valence-corrected chi connectivity index (χ0v) is 14.0. The SMILES string of the molecule is Cc1ccc(NC(=O)c2cccc3c(=O)c4cccc(F)c4[nH]c23)cc1. The molecule has 0 aliphatic carbocycles. The quantitative estimate of drug-likeness (QED) is 0.529. The average molecular weight is 346 g/mol. The molecule has 1 heterocycles. The number of aromatic amines is 1. The van der Waals surface area contributed by atoms with Crippen molar-refractivity contribution < 1.29 is 9.18 Å². The van der Waals surface area contributed by atoms with Gasteiger partial charge in [-0.25, -0.2) is 4.39 Å². The highest BCUT2D eigenvalue weighted by atomic mass is 19.1. The summed E-state index contributed by atoms with van der Waals surface area (Å²) in [6.45, 7) is 1.96. The molecule has 2 N–H and O–H groups in total. The number of hydrogen-bond donors (Lipinski definition) is 2. The Morgan fingerprint density at radius 3 is 2.31 bits per heavy atom. The third-order valence-corrected chi connectivity index (χ3v) is 4.37. The van der Waals surface area contributed by atoms with Crippen molar-refractivity contribution in [2.45, 2.75) is 6.92 Å². The molecule has 0 unspecified atom stereocenters. The number of H-pyrrole nitrogens is 1. The van der Waals surface area contributed by atoms with E-state index in [9.17, 15) is 14.0 Å². The first kappa shape index (κ1) is 16.0. The predicted molar refractivity (Wildman–Crippen MR) is 101 cm³/mol. The number of fused-ring (bicyclic) bond motifs is 2. The number of carbonyl (C=O) groups is 1. The van der Waals surface area contributed by atoms with Gasteiger partial charge < -0.3 is 10.3 Å². The Morgan fingerprint density at radius 2 is 1.58 bits per heavy atom. The topological polar surface area (TPSA) is 62.0 Å². The maximum atomic E-state index is 14.1. The Labute approximate surface area is 148 Å². The molecular formula is C21H15FN2O2. The van der Waals surface area contributed by atoms with Crippen molar-refractivity contribution in [2.75, 3.05) is 5.32 Å². The van der Waals surface area contributed by atoms with Gasteiger partial charge in [0.05, 0.1) is 16.6 Å². The highest BCUT2D eigenvalue weighted by Gasteiger charge is 2.15. The van der Waals surface area contributed by atoms with Crippen LogP contribution in [0, 0.1) is 12.7 Å². The van der Waals surface area contributed by atoms with Crippen molar-refractivity contribution in [3.05, 3.63) is 87.8 Å². The van der Waals surface area contributed by atoms with Crippen LogP contribution in [-0.4, -0.2) is 10.9 Å². The minimum atomic E-state index is -0.532. The molecule has 128 valence electrons. The number of halogens is 1. The lowest BCUT2D eigenvalue weighted by Gasteiger charge is -2.10. The third kappa shape index (κ3) is 2.63. The normalized spacial score (nSPS) is 11.0. The van der Waals surface area contributed by atoms with Gasteiger partial charge >= 0.3 is 0 Å². The fourth-order valence-corrected chi connectivity index (χ4v) is 3.01. The molecule has 0 aliphatic heterocycles. The van der Waals surface area contributed by atoms with E-state index in [0.29, 0.717) is 16.6 Å². The Morgan fingerprint density at radius 1 is 0.923 bits per heavy atom. The van der Waals surface area contributed by atoms with E-state index in [1.165, 1.54) is 12.1 Å². The zero-order valence-electron chi connectivity index (χ0n) is 14.0. The number of para-hydroxylation sites is 2. The Bertz CT molecular complexity index is 1210. The molecule has 0 aliphatic rings. The molecule has 0 saturated carbocycles. The van der Waals surface area contributed by atoms with Gasteiger partial charge in [0.1, 0.15) is 5.82 Å². The number of rotatable bonds is 2. The molecule has 5 heteroatoms. The van der Waals surface area contributed by atoms with E-state index in [4.69, 9.17) is 0 Å². The number of amides is 1. The summed E-state index contributed by atoms with van der Waals surface area (Å²) >= 11 is 0. The van der Waals surface area contributed by atoms with Crippen LogP contribution in [-0.2, 0) is 0 Å². The lowest BCUT2D eigenvalue weighted by Crippen LogP contribution is -2.15. The van der Waals surface area contributed by atoms with Gasteiger partial charge in [-0.3, -0.25) is 9.59 Å². The number of pyridine rings is 1. The predicted octanol–water partition coefficient (Wildman–Crippen LogP) is 4.38. The zero-order chi connectivity index (χ0) is 18.3. The first-order valence-corrected chi connectivity index (χ1v) is 8.16. The van der Waals surface area contributed by atoms with Crippen LogP contribution in [0.25, 0.3) is 21.8 Å². The van der Waals surface area contributed by atoms with Crippen molar-refractivity contribution in [2.24, 2.45) is 0 Å². The number of hydrogen-bond acceptors (Lipinski definition) is 2. The molecule has 0 radical (unpaired) electrons. The van der Waals surface area contributed by atoms with Gasteiger partial charge in [0.2, 0.25) is 0 Å². The summed E-state index contributed by atoms with van der Waals surface area (Å²) in [5.41, 5.74) is 2.12. The van der Waals surface area contributed by atoms with Crippen LogP contribution in [0.5, 0.6) is 0 Å². The number of aromatic nitrogens is 1. The maximum absolute atomic E-state index is 14.1. The van der Waals surface area contributed by atoms with E-state index < -0.39 is 5.82 Å². The standard InChI is InChI=1S/C21H15FN2O2/c1-12-8-10-13(11-9-12)23-21(26)16-6-2-4-14-18(16)24-19-15(20(14)25)5-3-7-17(19)22/h2-11H,1H3,(H,23,26)(H,24,25). The Kier molecular flexibility index (Phi) is 3.77. The van der Waals surface area contributed by atoms with E-state index in [2.05, 4.69) is 10.3 Å². The molecule has 0 atom stereocenters. The van der Waals surface area contributed by atoms with Crippen LogP contribution in [0.15, 0.2) is 65.5 Å². The van der Waals surface area contributed by atoms with Crippen LogP contribution in [0.1, 0.15) is 15.9 Å². The van der Waals surface area contributed by atoms with E-state index in [0.717, 1.165) is 5.56 Å². The second-order valence-corrected chi connectivity index (χ2v) is 6.16. The molecule has 4 rings (SSSR count). The minimum absolute atomic E-state index is 0.0978. The van der Waals surface area contributed by atoms with E-state index >= 15 is 0 Å². The van der Waals surface area contributed by atoms with Crippen molar-refractivity contribution in [3.63, 3.8) is 0 Å². The molecule has 26 heavy (non-hydrogen) atoms. The number of anilines is 1. The van der Waals surface area contributed by atoms with Gasteiger partial charge in [-0.1, -0.05) is 29.8 Å². The van der Waals surface area contributed by atoms with E-state index in [-0.39, 0.29) is 27.8 Å². The van der Waals surface area contributed by atoms with E-state index in [1.807, 2.05) is 19.1 Å². The summed E-state index contributed by atoms with van der Waals surface area (Å²) in [6, 6.07) is 16.6. The number of aryl methyl sites for hydroxylation is 1. The van der Waals surface area contributed by atoms with Crippen LogP contribution in [0.2, 0.25) is 0 Å². The van der Waals surface area contributed by atoms with Crippen LogP contribution in [0.3, 0.4) is 0 Å². The molecule has 1 amide bonds. The smallest absolute Gasteiger partial charge is 0.257 e. The Balaban J connectivity index is 1.88. The van der Waals surface area contributed by atoms with Crippen molar-refractivity contribution in [3.8, 4) is 0 Å². The monoisotopic (exact) mass is 346 g/mol. The van der Waals surface area contributed by atoms with Gasteiger partial charge in [0.25, 0.3) is 5.91 Å². The summed E-state index contributed by atoms with van der Waals surface area (Å²) < 4.78 is 14.1. The molecule has 4 nitrogen and oxygen atoms in total. The van der Waals surface area contributed by atoms with Gasteiger partial charge in [-0.2, -0.15) is 0 Å². The van der Waals surface area contributed by atoms with Crippen molar-refractivity contribution in [1.82, 2.24) is 4.98 Å². The second-order valence-electron chi connectivity index (χ2n) is 6.16. The average Bonchev–Trinajstić information content (AvgIpc) is 2.64. The summed E-state index contributed by atoms with van der Waals surface area (Å²) in [6.07, 6.45) is 0. The number of nitrogens with one attached hydrogen (secondary N) is 2. The highest BCUT2D eigenvalue weighted by Crippen LogP contribution is 2.21.